The number of thioether (sulfide) groups is 1. The van der Waals surface area contributed by atoms with Crippen LogP contribution in [0.4, 0.5) is 5.69 Å². The van der Waals surface area contributed by atoms with Crippen molar-refractivity contribution in [3.8, 4) is 0 Å². The Labute approximate surface area is 160 Å². The third-order valence-corrected chi connectivity index (χ3v) is 5.30. The summed E-state index contributed by atoms with van der Waals surface area (Å²) >= 11 is 1.35. The van der Waals surface area contributed by atoms with E-state index < -0.39 is 4.92 Å². The molecule has 1 aliphatic rings. The van der Waals surface area contributed by atoms with Crippen molar-refractivity contribution in [2.24, 2.45) is 10.2 Å². The predicted molar refractivity (Wildman–Crippen MR) is 107 cm³/mol. The summed E-state index contributed by atoms with van der Waals surface area (Å²) in [4.78, 5) is 22.3. The maximum atomic E-state index is 12.1. The highest BCUT2D eigenvalue weighted by Crippen LogP contribution is 2.24. The highest BCUT2D eigenvalue weighted by atomic mass is 32.2. The number of amides is 1. The van der Waals surface area contributed by atoms with Gasteiger partial charge in [-0.2, -0.15) is 5.10 Å². The van der Waals surface area contributed by atoms with Crippen molar-refractivity contribution >= 4 is 34.7 Å². The van der Waals surface area contributed by atoms with Crippen LogP contribution in [0.25, 0.3) is 0 Å². The molecule has 0 bridgehead atoms. The molecule has 27 heavy (non-hydrogen) atoms. The molecule has 1 atom stereocenters. The van der Waals surface area contributed by atoms with Crippen LogP contribution in [0.1, 0.15) is 22.3 Å². The molecule has 3 rings (SSSR count). The lowest BCUT2D eigenvalue weighted by atomic mass is 10.0. The lowest BCUT2D eigenvalue weighted by molar-refractivity contribution is -0.384. The van der Waals surface area contributed by atoms with Crippen molar-refractivity contribution in [1.82, 2.24) is 5.32 Å². The van der Waals surface area contributed by atoms with Gasteiger partial charge in [0.2, 0.25) is 5.91 Å². The van der Waals surface area contributed by atoms with Crippen LogP contribution in [-0.2, 0) is 11.2 Å². The van der Waals surface area contributed by atoms with Crippen LogP contribution in [0.2, 0.25) is 0 Å². The molecule has 8 heteroatoms. The summed E-state index contributed by atoms with van der Waals surface area (Å²) < 4.78 is 0. The number of rotatable bonds is 5. The molecule has 1 aliphatic heterocycles. The Balaban J connectivity index is 1.62. The summed E-state index contributed by atoms with van der Waals surface area (Å²) in [5.74, 6) is -0.0810. The zero-order valence-corrected chi connectivity index (χ0v) is 15.7. The molecule has 0 aromatic heterocycles. The second kappa shape index (κ2) is 8.13. The zero-order valence-electron chi connectivity index (χ0n) is 14.9. The van der Waals surface area contributed by atoms with Crippen LogP contribution >= 0.6 is 11.8 Å². The van der Waals surface area contributed by atoms with Gasteiger partial charge in [-0.15, -0.1) is 5.10 Å². The van der Waals surface area contributed by atoms with E-state index in [0.29, 0.717) is 17.2 Å². The van der Waals surface area contributed by atoms with Gasteiger partial charge in [0.25, 0.3) is 5.69 Å². The largest absolute Gasteiger partial charge is 0.303 e. The third-order valence-electron chi connectivity index (χ3n) is 4.23. The standard InChI is InChI=1S/C19H18N4O3S/c1-12-3-4-15(9-13(12)2)10-17-18(24)21-19(27-17)22-20-11-14-5-7-16(8-6-14)23(25)26/h3-9,11,17H,10H2,1-2H3,(H,21,22,24). The number of benzene rings is 2. The fourth-order valence-corrected chi connectivity index (χ4v) is 3.53. The van der Waals surface area contributed by atoms with Crippen LogP contribution in [0.5, 0.6) is 0 Å². The number of amidine groups is 1. The number of nitro groups is 1. The monoisotopic (exact) mass is 382 g/mol. The number of nitrogens with zero attached hydrogens (tertiary/aromatic N) is 3. The number of hydrogen-bond donors (Lipinski definition) is 1. The molecule has 1 saturated heterocycles. The molecule has 0 aliphatic carbocycles. The predicted octanol–water partition coefficient (Wildman–Crippen LogP) is 3.38. The number of hydrogen-bond acceptors (Lipinski definition) is 6. The van der Waals surface area contributed by atoms with E-state index in [2.05, 4.69) is 41.5 Å². The van der Waals surface area contributed by atoms with Crippen molar-refractivity contribution in [1.29, 1.82) is 0 Å². The molecular weight excluding hydrogens is 364 g/mol. The summed E-state index contributed by atoms with van der Waals surface area (Å²) in [6.07, 6.45) is 2.11. The Hall–Kier alpha value is -3.00. The molecule has 2 aromatic carbocycles. The average molecular weight is 382 g/mol. The van der Waals surface area contributed by atoms with Crippen LogP contribution in [0, 0.1) is 24.0 Å². The van der Waals surface area contributed by atoms with E-state index in [1.54, 1.807) is 12.1 Å². The van der Waals surface area contributed by atoms with E-state index in [4.69, 9.17) is 0 Å². The number of carbonyl (C=O) groups is 1. The summed E-state index contributed by atoms with van der Waals surface area (Å²) in [5, 5.41) is 21.6. The lowest BCUT2D eigenvalue weighted by Gasteiger charge is -2.07. The van der Waals surface area contributed by atoms with Gasteiger partial charge >= 0.3 is 0 Å². The van der Waals surface area contributed by atoms with Crippen LogP contribution in [0.3, 0.4) is 0 Å². The van der Waals surface area contributed by atoms with Gasteiger partial charge in [-0.1, -0.05) is 30.0 Å². The maximum absolute atomic E-state index is 12.1. The zero-order chi connectivity index (χ0) is 19.4. The van der Waals surface area contributed by atoms with E-state index in [-0.39, 0.29) is 16.8 Å². The molecular formula is C19H18N4O3S. The smallest absolute Gasteiger partial charge is 0.269 e. The molecule has 0 saturated carbocycles. The van der Waals surface area contributed by atoms with Gasteiger partial charge in [0.15, 0.2) is 5.17 Å². The topological polar surface area (TPSA) is 97.0 Å². The summed E-state index contributed by atoms with van der Waals surface area (Å²) in [5.41, 5.74) is 4.25. The van der Waals surface area contributed by atoms with Crippen molar-refractivity contribution in [3.63, 3.8) is 0 Å². The van der Waals surface area contributed by atoms with Crippen molar-refractivity contribution in [3.05, 3.63) is 74.8 Å². The first-order valence-corrected chi connectivity index (χ1v) is 9.19. The second-order valence-corrected chi connectivity index (χ2v) is 7.41. The number of carbonyl (C=O) groups excluding carboxylic acids is 1. The van der Waals surface area contributed by atoms with E-state index in [1.165, 1.54) is 41.2 Å². The summed E-state index contributed by atoms with van der Waals surface area (Å²) in [6, 6.07) is 12.2. The quantitative estimate of drug-likeness (QED) is 0.487. The minimum absolute atomic E-state index is 0.0197. The number of aryl methyl sites for hydroxylation is 2. The van der Waals surface area contributed by atoms with Crippen molar-refractivity contribution in [2.75, 3.05) is 0 Å². The number of non-ortho nitro benzene ring substituents is 1. The lowest BCUT2D eigenvalue weighted by Crippen LogP contribution is -2.25. The Morgan fingerprint density at radius 3 is 2.59 bits per heavy atom. The first-order valence-electron chi connectivity index (χ1n) is 8.31. The highest BCUT2D eigenvalue weighted by Gasteiger charge is 2.30. The van der Waals surface area contributed by atoms with E-state index >= 15 is 0 Å². The van der Waals surface area contributed by atoms with E-state index in [1.807, 2.05) is 6.07 Å². The number of nitrogens with one attached hydrogen (secondary N) is 1. The summed E-state index contributed by atoms with van der Waals surface area (Å²) in [7, 11) is 0. The Morgan fingerprint density at radius 2 is 1.93 bits per heavy atom. The highest BCUT2D eigenvalue weighted by molar-refractivity contribution is 8.15. The van der Waals surface area contributed by atoms with Crippen molar-refractivity contribution < 1.29 is 9.72 Å². The Bertz CT molecular complexity index is 938. The molecule has 138 valence electrons. The van der Waals surface area contributed by atoms with Crippen LogP contribution in [-0.4, -0.2) is 27.5 Å². The van der Waals surface area contributed by atoms with Gasteiger partial charge in [0.05, 0.1) is 16.4 Å². The number of nitro benzene ring substituents is 1. The molecule has 2 aromatic rings. The third kappa shape index (κ3) is 4.79. The van der Waals surface area contributed by atoms with Gasteiger partial charge in [-0.05, 0) is 54.7 Å². The Morgan fingerprint density at radius 1 is 1.19 bits per heavy atom. The van der Waals surface area contributed by atoms with Crippen LogP contribution < -0.4 is 5.32 Å². The molecule has 1 unspecified atom stereocenters. The average Bonchev–Trinajstić information content (AvgIpc) is 2.98. The molecule has 0 radical (unpaired) electrons. The fourth-order valence-electron chi connectivity index (χ4n) is 2.56. The van der Waals surface area contributed by atoms with Gasteiger partial charge < -0.3 is 5.32 Å². The molecule has 0 spiro atoms. The molecule has 1 fully saturated rings. The minimum Gasteiger partial charge on any atom is -0.303 e. The normalized spacial score (nSPS) is 18.2. The first kappa shape index (κ1) is 18.8. The van der Waals surface area contributed by atoms with Gasteiger partial charge in [-0.3, -0.25) is 14.9 Å². The van der Waals surface area contributed by atoms with Gasteiger partial charge in [-0.25, -0.2) is 0 Å². The van der Waals surface area contributed by atoms with Gasteiger partial charge in [0, 0.05) is 12.1 Å². The summed E-state index contributed by atoms with van der Waals surface area (Å²) in [6.45, 7) is 4.12. The SMILES string of the molecule is Cc1ccc(CC2SC(=NN=Cc3ccc([N+](=O)[O-])cc3)NC2=O)cc1C. The maximum Gasteiger partial charge on any atom is 0.269 e. The molecule has 1 amide bonds. The second-order valence-electron chi connectivity index (χ2n) is 6.22. The first-order chi connectivity index (χ1) is 12.9. The van der Waals surface area contributed by atoms with Gasteiger partial charge in [0.1, 0.15) is 0 Å². The van der Waals surface area contributed by atoms with E-state index in [9.17, 15) is 14.9 Å². The fraction of sp³-hybridized carbons (Fsp3) is 0.211. The molecule has 1 N–H and O–H groups in total. The molecule has 1 heterocycles. The van der Waals surface area contributed by atoms with E-state index in [0.717, 1.165) is 5.56 Å². The minimum atomic E-state index is -0.457. The molecule has 7 nitrogen and oxygen atoms in total. The van der Waals surface area contributed by atoms with Crippen LogP contribution in [0.15, 0.2) is 52.7 Å². The Kier molecular flexibility index (Phi) is 5.66. The van der Waals surface area contributed by atoms with Crippen molar-refractivity contribution in [2.45, 2.75) is 25.5 Å².